The molecular formula is C33H42F2N8O10. The Hall–Kier alpha value is -5.65. The van der Waals surface area contributed by atoms with Crippen LogP contribution in [0.3, 0.4) is 0 Å². The highest BCUT2D eigenvalue weighted by molar-refractivity contribution is 5.98. The second-order valence-electron chi connectivity index (χ2n) is 12.2. The summed E-state index contributed by atoms with van der Waals surface area (Å²) in [5, 5.41) is 31.4. The highest BCUT2D eigenvalue weighted by Gasteiger charge is 2.59. The van der Waals surface area contributed by atoms with Crippen LogP contribution in [0.15, 0.2) is 41.3 Å². The minimum atomic E-state index is -3.91. The van der Waals surface area contributed by atoms with Crippen LogP contribution in [0.2, 0.25) is 0 Å². The zero-order chi connectivity index (χ0) is 39.3. The van der Waals surface area contributed by atoms with Gasteiger partial charge in [0.2, 0.25) is 23.9 Å². The number of aliphatic hydroxyl groups is 2. The third-order valence-corrected chi connectivity index (χ3v) is 7.83. The van der Waals surface area contributed by atoms with Gasteiger partial charge in [-0.3, -0.25) is 24.3 Å². The average molecular weight is 749 g/mol. The van der Waals surface area contributed by atoms with Crippen LogP contribution < -0.4 is 38.0 Å². The van der Waals surface area contributed by atoms with Crippen molar-refractivity contribution in [1.82, 2.24) is 25.5 Å². The number of aromatic nitrogens is 2. The molecule has 1 saturated heterocycles. The van der Waals surface area contributed by atoms with Gasteiger partial charge in [-0.25, -0.2) is 14.4 Å². The second-order valence-corrected chi connectivity index (χ2v) is 12.2. The van der Waals surface area contributed by atoms with Crippen molar-refractivity contribution in [3.05, 3.63) is 52.6 Å². The molecule has 5 atom stereocenters. The van der Waals surface area contributed by atoms with Gasteiger partial charge in [-0.05, 0) is 42.5 Å². The molecule has 1 aromatic heterocycles. The monoisotopic (exact) mass is 748 g/mol. The van der Waals surface area contributed by atoms with Crippen molar-refractivity contribution in [2.24, 2.45) is 11.7 Å². The van der Waals surface area contributed by atoms with Crippen LogP contribution >= 0.6 is 0 Å². The van der Waals surface area contributed by atoms with Crippen molar-refractivity contribution in [3.63, 3.8) is 0 Å². The van der Waals surface area contributed by atoms with E-state index in [0.717, 1.165) is 12.3 Å². The number of hydrogen-bond acceptors (Lipinski definition) is 11. The molecule has 3 rings (SSSR count). The first-order valence-corrected chi connectivity index (χ1v) is 16.4. The fraction of sp³-hybridized carbons (Fsp3) is 0.485. The van der Waals surface area contributed by atoms with Gasteiger partial charge in [-0.1, -0.05) is 26.0 Å². The van der Waals surface area contributed by atoms with E-state index in [9.17, 15) is 42.7 Å². The number of nitrogens with two attached hydrogens (primary N) is 1. The van der Waals surface area contributed by atoms with Crippen LogP contribution in [0.1, 0.15) is 51.3 Å². The normalized spacial score (nSPS) is 18.6. The maximum absolute atomic E-state index is 14.4. The summed E-state index contributed by atoms with van der Waals surface area (Å²) in [6, 6.07) is 4.32. The highest BCUT2D eigenvalue weighted by atomic mass is 19.3. The number of amides is 6. The lowest BCUT2D eigenvalue weighted by molar-refractivity contribution is -0.140. The Morgan fingerprint density at radius 2 is 1.81 bits per heavy atom. The van der Waals surface area contributed by atoms with Crippen LogP contribution in [-0.4, -0.2) is 93.0 Å². The van der Waals surface area contributed by atoms with Gasteiger partial charge in [0, 0.05) is 31.3 Å². The van der Waals surface area contributed by atoms with Gasteiger partial charge in [0.1, 0.15) is 30.6 Å². The number of nitrogens with one attached hydrogen (secondary N) is 5. The number of halogens is 2. The predicted molar refractivity (Wildman–Crippen MR) is 183 cm³/mol. The van der Waals surface area contributed by atoms with Crippen LogP contribution in [-0.2, 0) is 30.5 Å². The number of rotatable bonds is 17. The van der Waals surface area contributed by atoms with E-state index < -0.39 is 78.6 Å². The second kappa shape index (κ2) is 19.3. The van der Waals surface area contributed by atoms with Gasteiger partial charge in [-0.2, -0.15) is 13.8 Å². The number of carbonyl (C=O) groups is 5. The third kappa shape index (κ3) is 11.9. The number of alkyl halides is 2. The van der Waals surface area contributed by atoms with Gasteiger partial charge in [0.05, 0.1) is 6.61 Å². The largest absolute Gasteiger partial charge is 0.444 e. The quantitative estimate of drug-likeness (QED) is 0.0806. The fourth-order valence-electron chi connectivity index (χ4n) is 5.00. The summed E-state index contributed by atoms with van der Waals surface area (Å²) in [6.07, 6.45) is -0.575. The number of ether oxygens (including phenoxy) is 2. The molecular weight excluding hydrogens is 706 g/mol. The number of aliphatic hydroxyl groups excluding tert-OH is 2. The maximum Gasteiger partial charge on any atom is 0.413 e. The van der Waals surface area contributed by atoms with Gasteiger partial charge >= 0.3 is 23.7 Å². The number of primary amides is 1. The van der Waals surface area contributed by atoms with Crippen molar-refractivity contribution in [3.8, 4) is 12.3 Å². The molecule has 0 aliphatic carbocycles. The van der Waals surface area contributed by atoms with Gasteiger partial charge in [0.25, 0.3) is 0 Å². The van der Waals surface area contributed by atoms with Crippen LogP contribution in [0.4, 0.5) is 29.9 Å². The lowest BCUT2D eigenvalue weighted by Gasteiger charge is -2.25. The number of nitrogens with zero attached hydrogens (tertiary/aromatic N) is 2. The summed E-state index contributed by atoms with van der Waals surface area (Å²) < 4.78 is 39.3. The summed E-state index contributed by atoms with van der Waals surface area (Å²) in [5.41, 5.74) is 4.66. The van der Waals surface area contributed by atoms with Crippen LogP contribution in [0, 0.1) is 18.3 Å². The smallest absolute Gasteiger partial charge is 0.413 e. The molecule has 288 valence electrons. The minimum Gasteiger partial charge on any atom is -0.444 e. The van der Waals surface area contributed by atoms with E-state index in [2.05, 4.69) is 37.5 Å². The minimum absolute atomic E-state index is 0.0246. The molecule has 0 saturated carbocycles. The third-order valence-electron chi connectivity index (χ3n) is 7.83. The van der Waals surface area contributed by atoms with E-state index in [1.165, 1.54) is 24.3 Å². The first-order valence-electron chi connectivity index (χ1n) is 16.4. The standard InChI is InChI=1S/C33H42F2N8O10/c1-4-5-8-24(45)42-25(18(2)3)28(48)39-21(7-6-14-37-30(36)49)27(47)38-20-11-9-19(10-12-20)17-52-32(51)41-23-13-15-43(31(50)40-23)29-33(34,35)26(46)22(16-44)53-29/h1,9-13,15,18,21-22,25-26,29,44,46H,5-8,14,16-17H2,2-3H3,(H,38,47)(H,39,48)(H,42,45)(H3,36,37,49)(H,40,41,50,51)/t21-,22+,25-,26-,29+/m0/s1. The van der Waals surface area contributed by atoms with Gasteiger partial charge < -0.3 is 46.7 Å². The first kappa shape index (κ1) is 41.8. The molecule has 18 nitrogen and oxygen atoms in total. The number of carbonyl (C=O) groups excluding carboxylic acids is 5. The highest BCUT2D eigenvalue weighted by Crippen LogP contribution is 2.42. The van der Waals surface area contributed by atoms with Crippen LogP contribution in [0.25, 0.3) is 0 Å². The number of urea groups is 1. The van der Waals surface area contributed by atoms with E-state index in [-0.39, 0.29) is 50.6 Å². The SMILES string of the molecule is C#CCCC(=O)N[C@H](C(=O)N[C@@H](CCCNC(N)=O)C(=O)Nc1ccc(COC(=O)Nc2ccn([C@@H]3O[C@H](CO)[C@H](O)C3(F)F)c(=O)n2)cc1)C(C)C. The zero-order valence-corrected chi connectivity index (χ0v) is 28.8. The Morgan fingerprint density at radius 3 is 2.40 bits per heavy atom. The fourth-order valence-corrected chi connectivity index (χ4v) is 5.00. The predicted octanol–water partition coefficient (Wildman–Crippen LogP) is 0.304. The molecule has 53 heavy (non-hydrogen) atoms. The molecule has 1 aliphatic heterocycles. The molecule has 6 amide bonds. The van der Waals surface area contributed by atoms with E-state index in [4.69, 9.17) is 26.7 Å². The number of terminal acetylenes is 1. The lowest BCUT2D eigenvalue weighted by Crippen LogP contribution is -2.54. The summed E-state index contributed by atoms with van der Waals surface area (Å²) in [5.74, 6) is -3.82. The van der Waals surface area contributed by atoms with Gasteiger partial charge in [-0.15, -0.1) is 12.3 Å². The molecule has 0 bridgehead atoms. The molecule has 0 radical (unpaired) electrons. The van der Waals surface area contributed by atoms with Crippen molar-refractivity contribution in [2.45, 2.75) is 82.6 Å². The Labute approximate surface area is 302 Å². The van der Waals surface area contributed by atoms with Crippen molar-refractivity contribution in [1.29, 1.82) is 0 Å². The van der Waals surface area contributed by atoms with Crippen molar-refractivity contribution >= 4 is 41.4 Å². The molecule has 1 aromatic carbocycles. The average Bonchev–Trinajstić information content (AvgIpc) is 3.33. The van der Waals surface area contributed by atoms with E-state index in [1.54, 1.807) is 13.8 Å². The lowest BCUT2D eigenvalue weighted by atomic mass is 10.0. The van der Waals surface area contributed by atoms with E-state index in [1.807, 2.05) is 0 Å². The Kier molecular flexibility index (Phi) is 15.2. The first-order chi connectivity index (χ1) is 25.1. The molecule has 1 aliphatic rings. The van der Waals surface area contributed by atoms with Gasteiger partial charge in [0.15, 0.2) is 6.10 Å². The Bertz CT molecular complexity index is 1720. The topological polar surface area (TPSA) is 265 Å². The molecule has 2 aromatic rings. The van der Waals surface area contributed by atoms with Crippen LogP contribution in [0.5, 0.6) is 0 Å². The number of benzene rings is 1. The number of anilines is 2. The molecule has 2 heterocycles. The summed E-state index contributed by atoms with van der Waals surface area (Å²) >= 11 is 0. The number of hydrogen-bond donors (Lipinski definition) is 8. The summed E-state index contributed by atoms with van der Waals surface area (Å²) in [6.45, 7) is 2.41. The van der Waals surface area contributed by atoms with E-state index in [0.29, 0.717) is 15.8 Å². The van der Waals surface area contributed by atoms with Crippen molar-refractivity contribution < 1.29 is 52.4 Å². The van der Waals surface area contributed by atoms with Crippen molar-refractivity contribution in [2.75, 3.05) is 23.8 Å². The summed E-state index contributed by atoms with van der Waals surface area (Å²) in [4.78, 5) is 78.1. The van der Waals surface area contributed by atoms with E-state index >= 15 is 0 Å². The zero-order valence-electron chi connectivity index (χ0n) is 28.8. The summed E-state index contributed by atoms with van der Waals surface area (Å²) in [7, 11) is 0. The molecule has 20 heteroatoms. The molecule has 0 spiro atoms. The maximum atomic E-state index is 14.4. The Balaban J connectivity index is 1.58. The molecule has 9 N–H and O–H groups in total. The molecule has 0 unspecified atom stereocenters. The Morgan fingerprint density at radius 1 is 1.11 bits per heavy atom. The molecule has 1 fully saturated rings.